The first-order chi connectivity index (χ1) is 13.3. The molecule has 0 aromatic heterocycles. The van der Waals surface area contributed by atoms with Gasteiger partial charge in [-0.3, -0.25) is 19.2 Å². The number of allylic oxidation sites excluding steroid dienone is 1. The lowest BCUT2D eigenvalue weighted by atomic mass is 9.95. The molecule has 0 bridgehead atoms. The summed E-state index contributed by atoms with van der Waals surface area (Å²) >= 11 is 6.38. The Bertz CT molecular complexity index is 976. The zero-order valence-corrected chi connectivity index (χ0v) is 17.5. The first-order valence-electron chi connectivity index (χ1n) is 8.20. The normalized spacial score (nSPS) is 21.6. The van der Waals surface area contributed by atoms with Crippen LogP contribution in [-0.4, -0.2) is 32.7 Å². The lowest BCUT2D eigenvalue weighted by Gasteiger charge is -2.34. The van der Waals surface area contributed by atoms with Crippen LogP contribution in [0.15, 0.2) is 72.4 Å². The third kappa shape index (κ3) is 3.98. The van der Waals surface area contributed by atoms with E-state index in [2.05, 4.69) is 42.5 Å². The number of hydrogen-bond donors (Lipinski definition) is 2. The van der Waals surface area contributed by atoms with E-state index in [1.807, 2.05) is 0 Å². The van der Waals surface area contributed by atoms with Gasteiger partial charge in [-0.25, -0.2) is 0 Å². The van der Waals surface area contributed by atoms with Crippen LogP contribution < -0.4 is 10.6 Å². The van der Waals surface area contributed by atoms with Crippen LogP contribution >= 0.6 is 31.9 Å². The van der Waals surface area contributed by atoms with Crippen LogP contribution in [0.3, 0.4) is 0 Å². The smallest absolute Gasteiger partial charge is 0.255 e. The molecule has 0 saturated heterocycles. The topological polar surface area (TPSA) is 92.3 Å². The van der Waals surface area contributed by atoms with E-state index in [0.717, 1.165) is 6.08 Å². The van der Waals surface area contributed by atoms with Gasteiger partial charge in [0.1, 0.15) is 4.83 Å². The predicted octanol–water partition coefficient (Wildman–Crippen LogP) is 2.74. The van der Waals surface area contributed by atoms with E-state index < -0.39 is 32.7 Å². The maximum absolute atomic E-state index is 12.7. The van der Waals surface area contributed by atoms with E-state index >= 15 is 0 Å². The van der Waals surface area contributed by atoms with E-state index in [1.54, 1.807) is 60.7 Å². The molecule has 1 aliphatic carbocycles. The summed E-state index contributed by atoms with van der Waals surface area (Å²) in [5, 5.41) is 5.01. The van der Waals surface area contributed by atoms with Crippen LogP contribution in [0.1, 0.15) is 20.7 Å². The van der Waals surface area contributed by atoms with Crippen molar-refractivity contribution in [2.24, 2.45) is 0 Å². The number of hydrogen-bond acceptors (Lipinski definition) is 4. The highest BCUT2D eigenvalue weighted by molar-refractivity contribution is 9.13. The van der Waals surface area contributed by atoms with Crippen molar-refractivity contribution >= 4 is 55.2 Å². The average Bonchev–Trinajstić information content (AvgIpc) is 2.72. The molecule has 0 fully saturated rings. The first kappa shape index (κ1) is 20.2. The summed E-state index contributed by atoms with van der Waals surface area (Å²) in [5.74, 6) is -2.16. The number of carbonyl (C=O) groups is 4. The third-order valence-electron chi connectivity index (χ3n) is 4.09. The molecule has 28 heavy (non-hydrogen) atoms. The van der Waals surface area contributed by atoms with Crippen molar-refractivity contribution in [2.75, 3.05) is 0 Å². The molecule has 2 amide bonds. The van der Waals surface area contributed by atoms with Crippen molar-refractivity contribution in [2.45, 2.75) is 9.28 Å². The number of nitrogens with one attached hydrogen (secondary N) is 2. The first-order valence-corrected chi connectivity index (χ1v) is 9.91. The Kier molecular flexibility index (Phi) is 5.90. The highest BCUT2D eigenvalue weighted by atomic mass is 79.9. The van der Waals surface area contributed by atoms with E-state index in [0.29, 0.717) is 11.1 Å². The fourth-order valence-electron chi connectivity index (χ4n) is 2.58. The van der Waals surface area contributed by atoms with Crippen LogP contribution in [0.4, 0.5) is 0 Å². The minimum absolute atomic E-state index is 0.148. The summed E-state index contributed by atoms with van der Waals surface area (Å²) in [6.45, 7) is 0. The van der Waals surface area contributed by atoms with Gasteiger partial charge in [0.25, 0.3) is 11.8 Å². The number of carbonyl (C=O) groups excluding carboxylic acids is 4. The molecule has 3 rings (SSSR count). The molecule has 1 aliphatic rings. The van der Waals surface area contributed by atoms with Crippen molar-refractivity contribution in [3.8, 4) is 0 Å². The highest BCUT2D eigenvalue weighted by Gasteiger charge is 2.50. The maximum atomic E-state index is 12.7. The fraction of sp³-hybridized carbons (Fsp3) is 0.100. The van der Waals surface area contributed by atoms with Crippen molar-refractivity contribution in [1.82, 2.24) is 10.6 Å². The number of alkyl halides is 2. The molecule has 2 atom stereocenters. The Hall–Kier alpha value is -2.58. The zero-order valence-electron chi connectivity index (χ0n) is 14.3. The summed E-state index contributed by atoms with van der Waals surface area (Å²) in [6.07, 6.45) is 1.01. The Morgan fingerprint density at radius 2 is 1.36 bits per heavy atom. The van der Waals surface area contributed by atoms with Gasteiger partial charge in [-0.15, -0.1) is 0 Å². The van der Waals surface area contributed by atoms with Crippen LogP contribution in [-0.2, 0) is 9.59 Å². The van der Waals surface area contributed by atoms with Gasteiger partial charge in [0.05, 0.1) is 5.70 Å². The maximum Gasteiger partial charge on any atom is 0.255 e. The zero-order chi connectivity index (χ0) is 20.3. The SMILES string of the molecule is O=C(NC1=CC(=O)C(Br)(NC(=O)c2ccccc2)C(Br)C1=O)c1ccccc1. The molecule has 2 aromatic rings. The number of halogens is 2. The van der Waals surface area contributed by atoms with Gasteiger partial charge in [-0.2, -0.15) is 0 Å². The molecule has 2 unspecified atom stereocenters. The number of rotatable bonds is 4. The quantitative estimate of drug-likeness (QED) is 0.493. The molecule has 0 saturated carbocycles. The monoisotopic (exact) mass is 504 g/mol. The second kappa shape index (κ2) is 8.20. The highest BCUT2D eigenvalue weighted by Crippen LogP contribution is 2.33. The molecule has 2 aromatic carbocycles. The number of ketones is 2. The van der Waals surface area contributed by atoms with Crippen LogP contribution in [0.25, 0.3) is 0 Å². The lowest BCUT2D eigenvalue weighted by molar-refractivity contribution is -0.123. The molecular weight excluding hydrogens is 492 g/mol. The molecule has 8 heteroatoms. The van der Waals surface area contributed by atoms with Crippen molar-refractivity contribution in [1.29, 1.82) is 0 Å². The average molecular weight is 506 g/mol. The minimum atomic E-state index is -1.67. The van der Waals surface area contributed by atoms with Gasteiger partial charge in [-0.05, 0) is 24.3 Å². The van der Waals surface area contributed by atoms with Gasteiger partial charge in [0, 0.05) is 17.2 Å². The van der Waals surface area contributed by atoms with Crippen molar-refractivity contribution in [3.05, 3.63) is 83.6 Å². The number of Topliss-reactive ketones (excluding diaryl/α,β-unsaturated/α-hetero) is 1. The van der Waals surface area contributed by atoms with E-state index in [9.17, 15) is 19.2 Å². The summed E-state index contributed by atoms with van der Waals surface area (Å²) in [4.78, 5) is 49.0. The Morgan fingerprint density at radius 3 is 1.89 bits per heavy atom. The predicted molar refractivity (Wildman–Crippen MR) is 110 cm³/mol. The molecule has 2 N–H and O–H groups in total. The van der Waals surface area contributed by atoms with Gasteiger partial charge < -0.3 is 10.6 Å². The van der Waals surface area contributed by atoms with E-state index in [-0.39, 0.29) is 5.70 Å². The third-order valence-corrected chi connectivity index (χ3v) is 6.86. The van der Waals surface area contributed by atoms with Crippen molar-refractivity contribution < 1.29 is 19.2 Å². The van der Waals surface area contributed by atoms with Crippen molar-refractivity contribution in [3.63, 3.8) is 0 Å². The fourth-order valence-corrected chi connectivity index (χ4v) is 3.67. The molecule has 142 valence electrons. The number of amides is 2. The number of benzene rings is 2. The summed E-state index contributed by atoms with van der Waals surface area (Å²) in [5.41, 5.74) is 0.543. The van der Waals surface area contributed by atoms with E-state index in [1.165, 1.54) is 0 Å². The van der Waals surface area contributed by atoms with Gasteiger partial charge >= 0.3 is 0 Å². The molecule has 0 spiro atoms. The summed E-state index contributed by atoms with van der Waals surface area (Å²) in [7, 11) is 0. The second-order valence-corrected chi connectivity index (χ2v) is 8.17. The molecule has 0 heterocycles. The molecule has 0 aliphatic heterocycles. The molecule has 0 radical (unpaired) electrons. The Labute approximate surface area is 177 Å². The molecule has 6 nitrogen and oxygen atoms in total. The second-order valence-electron chi connectivity index (χ2n) is 6.00. The Morgan fingerprint density at radius 1 is 0.857 bits per heavy atom. The lowest BCUT2D eigenvalue weighted by Crippen LogP contribution is -2.60. The Balaban J connectivity index is 1.82. The van der Waals surface area contributed by atoms with Gasteiger partial charge in [-0.1, -0.05) is 68.3 Å². The van der Waals surface area contributed by atoms with Crippen LogP contribution in [0.2, 0.25) is 0 Å². The van der Waals surface area contributed by atoms with Crippen LogP contribution in [0.5, 0.6) is 0 Å². The van der Waals surface area contributed by atoms with Gasteiger partial charge in [0.2, 0.25) is 0 Å². The van der Waals surface area contributed by atoms with Gasteiger partial charge in [0.15, 0.2) is 16.0 Å². The minimum Gasteiger partial charge on any atom is -0.329 e. The van der Waals surface area contributed by atoms with Crippen LogP contribution in [0, 0.1) is 0 Å². The standard InChI is InChI=1S/C20H14Br2N2O4/c21-17-16(26)14(23-18(27)12-7-3-1-4-8-12)11-15(25)20(17,22)24-19(28)13-9-5-2-6-10-13/h1-11,17H,(H,23,27)(H,24,28). The largest absolute Gasteiger partial charge is 0.329 e. The van der Waals surface area contributed by atoms with E-state index in [4.69, 9.17) is 0 Å². The summed E-state index contributed by atoms with van der Waals surface area (Å²) < 4.78 is -1.67. The molecular formula is C20H14Br2N2O4. The summed E-state index contributed by atoms with van der Waals surface area (Å²) in [6, 6.07) is 16.6.